The zero-order valence-corrected chi connectivity index (χ0v) is 20.0. The Balaban J connectivity index is 5.57. The maximum Gasteiger partial charge on any atom is 0.326 e. The van der Waals surface area contributed by atoms with Gasteiger partial charge in [0.05, 0.1) is 12.5 Å². The van der Waals surface area contributed by atoms with Gasteiger partial charge in [0.1, 0.15) is 18.1 Å². The summed E-state index contributed by atoms with van der Waals surface area (Å²) in [5.74, 6) is -7.20. The van der Waals surface area contributed by atoms with Crippen molar-refractivity contribution < 1.29 is 44.1 Å². The Morgan fingerprint density at radius 2 is 1.40 bits per heavy atom. The molecule has 0 rings (SSSR count). The minimum Gasteiger partial charge on any atom is -0.481 e. The molecule has 14 heteroatoms. The lowest BCUT2D eigenvalue weighted by molar-refractivity contribution is -0.147. The summed E-state index contributed by atoms with van der Waals surface area (Å²) in [4.78, 5) is 71.3. The van der Waals surface area contributed by atoms with Gasteiger partial charge in [-0.05, 0) is 31.7 Å². The Morgan fingerprint density at radius 1 is 0.800 bits per heavy atom. The van der Waals surface area contributed by atoms with E-state index in [0.717, 1.165) is 0 Å². The molecule has 0 saturated heterocycles. The molecule has 0 spiro atoms. The fraction of sp³-hybridized carbons (Fsp3) is 0.714. The van der Waals surface area contributed by atoms with Crippen molar-refractivity contribution in [1.82, 2.24) is 16.0 Å². The molecule has 0 aliphatic rings. The van der Waals surface area contributed by atoms with Crippen LogP contribution < -0.4 is 27.4 Å². The van der Waals surface area contributed by atoms with E-state index in [1.54, 1.807) is 13.8 Å². The van der Waals surface area contributed by atoms with Crippen LogP contribution in [0.4, 0.5) is 0 Å². The first-order chi connectivity index (χ1) is 16.3. The Bertz CT molecular complexity index is 761. The summed E-state index contributed by atoms with van der Waals surface area (Å²) >= 11 is 0. The molecular formula is C21H37N5O9. The van der Waals surface area contributed by atoms with E-state index in [1.807, 2.05) is 5.32 Å². The number of aliphatic carboxylic acids is 3. The molecule has 0 saturated carbocycles. The monoisotopic (exact) mass is 503 g/mol. The molecule has 0 heterocycles. The van der Waals surface area contributed by atoms with Crippen LogP contribution in [0.25, 0.3) is 0 Å². The SMILES string of the molecule is CCC(C)C(NC(=O)C(N)CCCCN)C(=O)NC(CCC(=O)O)C(=O)NC(CC(=O)O)C(=O)O. The molecule has 0 fully saturated rings. The summed E-state index contributed by atoms with van der Waals surface area (Å²) in [7, 11) is 0. The molecule has 0 aliphatic heterocycles. The Hall–Kier alpha value is -3.26. The van der Waals surface area contributed by atoms with Gasteiger partial charge in [0, 0.05) is 6.42 Å². The minimum absolute atomic E-state index is 0.349. The third-order valence-corrected chi connectivity index (χ3v) is 5.37. The molecular weight excluding hydrogens is 466 g/mol. The van der Waals surface area contributed by atoms with Gasteiger partial charge in [-0.3, -0.25) is 24.0 Å². The maximum absolute atomic E-state index is 13.0. The van der Waals surface area contributed by atoms with Gasteiger partial charge in [0.25, 0.3) is 0 Å². The van der Waals surface area contributed by atoms with Crippen molar-refractivity contribution >= 4 is 35.6 Å². The number of carbonyl (C=O) groups excluding carboxylic acids is 3. The summed E-state index contributed by atoms with van der Waals surface area (Å²) < 4.78 is 0. The average molecular weight is 504 g/mol. The number of nitrogens with one attached hydrogen (secondary N) is 3. The van der Waals surface area contributed by atoms with Crippen LogP contribution in [0.15, 0.2) is 0 Å². The fourth-order valence-electron chi connectivity index (χ4n) is 3.05. The van der Waals surface area contributed by atoms with Crippen LogP contribution in [0.5, 0.6) is 0 Å². The van der Waals surface area contributed by atoms with E-state index in [1.165, 1.54) is 0 Å². The van der Waals surface area contributed by atoms with Crippen molar-refractivity contribution in [2.75, 3.05) is 6.54 Å². The molecule has 0 aromatic carbocycles. The molecule has 0 bridgehead atoms. The Kier molecular flexibility index (Phi) is 14.9. The highest BCUT2D eigenvalue weighted by molar-refractivity contribution is 5.95. The second-order valence-electron chi connectivity index (χ2n) is 8.25. The molecule has 200 valence electrons. The normalized spacial score (nSPS) is 15.1. The van der Waals surface area contributed by atoms with E-state index in [-0.39, 0.29) is 0 Å². The number of carboxylic acid groups (broad SMARTS) is 3. The van der Waals surface area contributed by atoms with Crippen LogP contribution >= 0.6 is 0 Å². The summed E-state index contributed by atoms with van der Waals surface area (Å²) in [6.07, 6.45) is 0.246. The molecule has 0 aliphatic carbocycles. The molecule has 0 aromatic rings. The smallest absolute Gasteiger partial charge is 0.326 e. The maximum atomic E-state index is 13.0. The van der Waals surface area contributed by atoms with Crippen molar-refractivity contribution in [1.29, 1.82) is 0 Å². The van der Waals surface area contributed by atoms with E-state index in [2.05, 4.69) is 10.6 Å². The number of nitrogens with two attached hydrogens (primary N) is 2. The number of hydrogen-bond acceptors (Lipinski definition) is 8. The highest BCUT2D eigenvalue weighted by atomic mass is 16.4. The second kappa shape index (κ2) is 16.4. The van der Waals surface area contributed by atoms with Crippen molar-refractivity contribution in [3.8, 4) is 0 Å². The number of amides is 3. The molecule has 10 N–H and O–H groups in total. The van der Waals surface area contributed by atoms with Gasteiger partial charge < -0.3 is 42.7 Å². The number of carboxylic acids is 3. The molecule has 0 radical (unpaired) electrons. The van der Waals surface area contributed by atoms with Gasteiger partial charge in [-0.15, -0.1) is 0 Å². The lowest BCUT2D eigenvalue weighted by Crippen LogP contribution is -2.58. The highest BCUT2D eigenvalue weighted by Crippen LogP contribution is 2.11. The van der Waals surface area contributed by atoms with Crippen molar-refractivity contribution in [2.24, 2.45) is 17.4 Å². The average Bonchev–Trinajstić information content (AvgIpc) is 2.78. The molecule has 35 heavy (non-hydrogen) atoms. The first kappa shape index (κ1) is 31.7. The third kappa shape index (κ3) is 12.7. The fourth-order valence-corrected chi connectivity index (χ4v) is 3.05. The van der Waals surface area contributed by atoms with Crippen molar-refractivity contribution in [3.05, 3.63) is 0 Å². The van der Waals surface area contributed by atoms with Crippen molar-refractivity contribution in [3.63, 3.8) is 0 Å². The first-order valence-electron chi connectivity index (χ1n) is 11.4. The standard InChI is InChI=1S/C21H37N5O9/c1-3-11(2)17(26-18(31)12(23)6-4-5-9-22)20(33)24-13(7-8-15(27)28)19(32)25-14(21(34)35)10-16(29)30/h11-14,17H,3-10,22-23H2,1-2H3,(H,24,33)(H,25,32)(H,26,31)(H,27,28)(H,29,30)(H,34,35). The van der Waals surface area contributed by atoms with Gasteiger partial charge in [-0.2, -0.15) is 0 Å². The minimum atomic E-state index is -1.79. The Labute approximate surface area is 203 Å². The predicted molar refractivity (Wildman–Crippen MR) is 123 cm³/mol. The lowest BCUT2D eigenvalue weighted by Gasteiger charge is -2.27. The van der Waals surface area contributed by atoms with Crippen LogP contribution in [0.1, 0.15) is 58.8 Å². The van der Waals surface area contributed by atoms with E-state index >= 15 is 0 Å². The quantitative estimate of drug-likeness (QED) is 0.0985. The topological polar surface area (TPSA) is 251 Å². The van der Waals surface area contributed by atoms with Crippen molar-refractivity contribution in [2.45, 2.75) is 83.0 Å². The summed E-state index contributed by atoms with van der Waals surface area (Å²) in [6.45, 7) is 3.90. The molecule has 0 aromatic heterocycles. The van der Waals surface area contributed by atoms with E-state index in [4.69, 9.17) is 26.8 Å². The molecule has 3 amide bonds. The van der Waals surface area contributed by atoms with Gasteiger partial charge in [0.15, 0.2) is 0 Å². The zero-order chi connectivity index (χ0) is 27.1. The third-order valence-electron chi connectivity index (χ3n) is 5.37. The van der Waals surface area contributed by atoms with Crippen LogP contribution in [-0.2, 0) is 28.8 Å². The largest absolute Gasteiger partial charge is 0.481 e. The molecule has 14 nitrogen and oxygen atoms in total. The number of rotatable bonds is 18. The van der Waals surface area contributed by atoms with Crippen LogP contribution in [-0.4, -0.2) is 81.7 Å². The van der Waals surface area contributed by atoms with E-state index in [0.29, 0.717) is 32.2 Å². The van der Waals surface area contributed by atoms with E-state index < -0.39 is 85.0 Å². The van der Waals surface area contributed by atoms with Crippen LogP contribution in [0.2, 0.25) is 0 Å². The lowest BCUT2D eigenvalue weighted by atomic mass is 9.96. The van der Waals surface area contributed by atoms with Crippen LogP contribution in [0.3, 0.4) is 0 Å². The molecule has 5 unspecified atom stereocenters. The highest BCUT2D eigenvalue weighted by Gasteiger charge is 2.33. The van der Waals surface area contributed by atoms with Gasteiger partial charge >= 0.3 is 17.9 Å². The van der Waals surface area contributed by atoms with Gasteiger partial charge in [0.2, 0.25) is 17.7 Å². The van der Waals surface area contributed by atoms with E-state index in [9.17, 15) is 28.8 Å². The van der Waals surface area contributed by atoms with Crippen LogP contribution in [0, 0.1) is 5.92 Å². The van der Waals surface area contributed by atoms with Gasteiger partial charge in [-0.1, -0.05) is 26.7 Å². The second-order valence-corrected chi connectivity index (χ2v) is 8.25. The summed E-state index contributed by atoms with van der Waals surface area (Å²) in [5, 5.41) is 33.9. The summed E-state index contributed by atoms with van der Waals surface area (Å²) in [5.41, 5.74) is 11.3. The number of hydrogen-bond donors (Lipinski definition) is 8. The summed E-state index contributed by atoms with van der Waals surface area (Å²) in [6, 6.07) is -5.28. The molecule has 5 atom stereocenters. The first-order valence-corrected chi connectivity index (χ1v) is 11.4. The number of carbonyl (C=O) groups is 6. The predicted octanol–water partition coefficient (Wildman–Crippen LogP) is -1.63. The zero-order valence-electron chi connectivity index (χ0n) is 20.0. The van der Waals surface area contributed by atoms with Gasteiger partial charge in [-0.25, -0.2) is 4.79 Å². The Morgan fingerprint density at radius 3 is 1.89 bits per heavy atom. The number of unbranched alkanes of at least 4 members (excludes halogenated alkanes) is 1.